The molecule has 0 unspecified atom stereocenters. The summed E-state index contributed by atoms with van der Waals surface area (Å²) < 4.78 is 0. The van der Waals surface area contributed by atoms with Gasteiger partial charge < -0.3 is 5.11 Å². The summed E-state index contributed by atoms with van der Waals surface area (Å²) in [5.41, 5.74) is 4.86. The molecule has 0 atom stereocenters. The Kier molecular flexibility index (Phi) is 2.26. The molecule has 0 heterocycles. The molecule has 0 aromatic carbocycles. The first-order valence-corrected chi connectivity index (χ1v) is 5.65. The molecule has 0 amide bonds. The minimum absolute atomic E-state index is 0.417. The predicted molar refractivity (Wildman–Crippen MR) is 65.9 cm³/mol. The van der Waals surface area contributed by atoms with Gasteiger partial charge in [0.25, 0.3) is 0 Å². The highest BCUT2D eigenvalue weighted by molar-refractivity contribution is 5.51. The summed E-state index contributed by atoms with van der Waals surface area (Å²) in [5.74, 6) is 0. The maximum atomic E-state index is 10.3. The molecule has 0 aromatic rings. The van der Waals surface area contributed by atoms with Crippen LogP contribution >= 0.6 is 0 Å². The first-order chi connectivity index (χ1) is 7.84. The van der Waals surface area contributed by atoms with E-state index in [-0.39, 0.29) is 0 Å². The molecule has 0 aromatic heterocycles. The largest absolute Gasteiger partial charge is 0.384 e. The van der Waals surface area contributed by atoms with E-state index in [2.05, 4.69) is 24.3 Å². The molecule has 1 heteroatoms. The first-order valence-electron chi connectivity index (χ1n) is 5.65. The van der Waals surface area contributed by atoms with Crippen molar-refractivity contribution in [1.82, 2.24) is 0 Å². The van der Waals surface area contributed by atoms with Crippen LogP contribution in [0.25, 0.3) is 0 Å². The van der Waals surface area contributed by atoms with Crippen LogP contribution in [0.1, 0.15) is 12.8 Å². The van der Waals surface area contributed by atoms with E-state index >= 15 is 0 Å². The van der Waals surface area contributed by atoms with Gasteiger partial charge in [-0.25, -0.2) is 0 Å². The lowest BCUT2D eigenvalue weighted by Crippen LogP contribution is -2.11. The fourth-order valence-electron chi connectivity index (χ4n) is 2.43. The van der Waals surface area contributed by atoms with Gasteiger partial charge in [-0.2, -0.15) is 0 Å². The lowest BCUT2D eigenvalue weighted by Gasteiger charge is -2.13. The third-order valence-corrected chi connectivity index (χ3v) is 3.34. The number of hydrogen-bond acceptors (Lipinski definition) is 1. The van der Waals surface area contributed by atoms with Crippen molar-refractivity contribution in [2.75, 3.05) is 0 Å². The Morgan fingerprint density at radius 3 is 1.69 bits per heavy atom. The minimum atomic E-state index is -0.417. The van der Waals surface area contributed by atoms with Crippen LogP contribution in [0.3, 0.4) is 0 Å². The van der Waals surface area contributed by atoms with Gasteiger partial charge in [-0.1, -0.05) is 48.6 Å². The number of aliphatic hydroxyl groups excluding tert-OH is 1. The second-order valence-electron chi connectivity index (χ2n) is 4.39. The monoisotopic (exact) mass is 210 g/mol. The average molecular weight is 210 g/mol. The zero-order chi connectivity index (χ0) is 11.0. The topological polar surface area (TPSA) is 20.2 Å². The van der Waals surface area contributed by atoms with Gasteiger partial charge in [0, 0.05) is 0 Å². The fraction of sp³-hybridized carbons (Fsp3) is 0.200. The summed E-state index contributed by atoms with van der Waals surface area (Å²) in [6.45, 7) is 0. The van der Waals surface area contributed by atoms with Gasteiger partial charge >= 0.3 is 0 Å². The summed E-state index contributed by atoms with van der Waals surface area (Å²) >= 11 is 0. The van der Waals surface area contributed by atoms with Crippen molar-refractivity contribution in [3.63, 3.8) is 0 Å². The first kappa shape index (κ1) is 9.61. The molecule has 3 aliphatic carbocycles. The molecule has 4 bridgehead atoms. The molecule has 16 heavy (non-hydrogen) atoms. The van der Waals surface area contributed by atoms with E-state index in [4.69, 9.17) is 0 Å². The maximum Gasteiger partial charge on any atom is 0.0973 e. The number of aliphatic hydroxyl groups is 1. The van der Waals surface area contributed by atoms with Crippen molar-refractivity contribution < 1.29 is 5.11 Å². The molecule has 0 radical (unpaired) electrons. The third-order valence-electron chi connectivity index (χ3n) is 3.34. The molecule has 3 rings (SSSR count). The molecule has 1 N–H and O–H groups in total. The van der Waals surface area contributed by atoms with E-state index in [0.29, 0.717) is 0 Å². The van der Waals surface area contributed by atoms with Gasteiger partial charge in [-0.05, 0) is 35.1 Å². The van der Waals surface area contributed by atoms with Crippen molar-refractivity contribution in [2.24, 2.45) is 0 Å². The van der Waals surface area contributed by atoms with Gasteiger partial charge in [0.2, 0.25) is 0 Å². The molecule has 1 nitrogen and oxygen atoms in total. The van der Waals surface area contributed by atoms with Crippen LogP contribution in [0, 0.1) is 0 Å². The lowest BCUT2D eigenvalue weighted by molar-refractivity contribution is 0.243. The standard InChI is InChI=1S/C15H14O/c16-15-13-7-3-1-5-11(9-13)12-6-2-4-8-14(15)10-12/h1-8,15-16H,9-10H2. The Hall–Kier alpha value is -1.60. The number of fused-ring (bicyclic) bond motifs is 5. The Balaban J connectivity index is 2.19. The smallest absolute Gasteiger partial charge is 0.0973 e. The maximum absolute atomic E-state index is 10.3. The molecular weight excluding hydrogens is 196 g/mol. The number of rotatable bonds is 0. The van der Waals surface area contributed by atoms with Crippen molar-refractivity contribution in [3.05, 3.63) is 70.9 Å². The predicted octanol–water partition coefficient (Wildman–Crippen LogP) is 2.99. The molecule has 0 aliphatic heterocycles. The van der Waals surface area contributed by atoms with Gasteiger partial charge in [0.1, 0.15) is 0 Å². The summed E-state index contributed by atoms with van der Waals surface area (Å²) in [5, 5.41) is 10.3. The van der Waals surface area contributed by atoms with Gasteiger partial charge in [0.15, 0.2) is 0 Å². The molecule has 0 saturated heterocycles. The van der Waals surface area contributed by atoms with Crippen LogP contribution in [-0.4, -0.2) is 11.2 Å². The minimum Gasteiger partial charge on any atom is -0.384 e. The molecule has 3 aliphatic rings. The molecule has 1 fully saturated rings. The third kappa shape index (κ3) is 1.54. The normalized spacial score (nSPS) is 23.6. The Labute approximate surface area is 95.5 Å². The van der Waals surface area contributed by atoms with Crippen LogP contribution in [0.4, 0.5) is 0 Å². The molecule has 80 valence electrons. The Morgan fingerprint density at radius 2 is 1.19 bits per heavy atom. The Morgan fingerprint density at radius 1 is 0.750 bits per heavy atom. The van der Waals surface area contributed by atoms with E-state index in [9.17, 15) is 5.11 Å². The Bertz CT molecular complexity index is 450. The van der Waals surface area contributed by atoms with E-state index in [1.807, 2.05) is 24.3 Å². The second kappa shape index (κ2) is 3.76. The van der Waals surface area contributed by atoms with Crippen LogP contribution in [-0.2, 0) is 0 Å². The summed E-state index contributed by atoms with van der Waals surface area (Å²) in [4.78, 5) is 0. The zero-order valence-corrected chi connectivity index (χ0v) is 9.06. The average Bonchev–Trinajstić information content (AvgIpc) is 2.71. The van der Waals surface area contributed by atoms with Crippen LogP contribution in [0.2, 0.25) is 0 Å². The number of hydrogen-bond donors (Lipinski definition) is 1. The highest BCUT2D eigenvalue weighted by Crippen LogP contribution is 2.36. The highest BCUT2D eigenvalue weighted by Gasteiger charge is 2.24. The van der Waals surface area contributed by atoms with Crippen LogP contribution < -0.4 is 0 Å². The van der Waals surface area contributed by atoms with Crippen molar-refractivity contribution >= 4 is 0 Å². The van der Waals surface area contributed by atoms with Gasteiger partial charge in [0.05, 0.1) is 6.10 Å². The summed E-state index contributed by atoms with van der Waals surface area (Å²) in [6.07, 6.45) is 17.8. The SMILES string of the molecule is OC1C2=CC=CC=C(C2)C2=CC=CC=C1C2. The van der Waals surface area contributed by atoms with E-state index in [1.165, 1.54) is 11.1 Å². The van der Waals surface area contributed by atoms with Crippen LogP contribution in [0.15, 0.2) is 70.9 Å². The summed E-state index contributed by atoms with van der Waals surface area (Å²) in [7, 11) is 0. The van der Waals surface area contributed by atoms with Gasteiger partial charge in [-0.3, -0.25) is 0 Å². The van der Waals surface area contributed by atoms with E-state index in [1.54, 1.807) is 0 Å². The van der Waals surface area contributed by atoms with Crippen molar-refractivity contribution in [3.8, 4) is 0 Å². The van der Waals surface area contributed by atoms with E-state index in [0.717, 1.165) is 24.0 Å². The van der Waals surface area contributed by atoms with Crippen molar-refractivity contribution in [1.29, 1.82) is 0 Å². The fourth-order valence-corrected chi connectivity index (χ4v) is 2.43. The number of allylic oxidation sites excluding steroid dienone is 10. The zero-order valence-electron chi connectivity index (χ0n) is 9.06. The molecular formula is C15H14O. The molecule has 1 saturated carbocycles. The molecule has 0 spiro atoms. The highest BCUT2D eigenvalue weighted by atomic mass is 16.3. The summed E-state index contributed by atoms with van der Waals surface area (Å²) in [6, 6.07) is 0. The van der Waals surface area contributed by atoms with Crippen LogP contribution in [0.5, 0.6) is 0 Å². The quantitative estimate of drug-likeness (QED) is 0.651. The van der Waals surface area contributed by atoms with Crippen molar-refractivity contribution in [2.45, 2.75) is 18.9 Å². The van der Waals surface area contributed by atoms with Gasteiger partial charge in [-0.15, -0.1) is 0 Å². The second-order valence-corrected chi connectivity index (χ2v) is 4.39. The lowest BCUT2D eigenvalue weighted by atomic mass is 9.99. The van der Waals surface area contributed by atoms with E-state index < -0.39 is 6.10 Å².